The summed E-state index contributed by atoms with van der Waals surface area (Å²) < 4.78 is 48.3. The van der Waals surface area contributed by atoms with Gasteiger partial charge in [0.2, 0.25) is 0 Å². The average Bonchev–Trinajstić information content (AvgIpc) is 2.65. The number of nitrogens with zero attached hydrogens (tertiary/aromatic N) is 1. The minimum absolute atomic E-state index is 0.0270. The van der Waals surface area contributed by atoms with Crippen LogP contribution in [0.3, 0.4) is 0 Å². The van der Waals surface area contributed by atoms with Crippen LogP contribution in [0.5, 0.6) is 5.75 Å². The molecule has 0 spiro atoms. The van der Waals surface area contributed by atoms with E-state index >= 15 is 0 Å². The van der Waals surface area contributed by atoms with Crippen LogP contribution in [0.1, 0.15) is 12.5 Å². The fourth-order valence-corrected chi connectivity index (χ4v) is 3.40. The van der Waals surface area contributed by atoms with Crippen molar-refractivity contribution in [3.8, 4) is 5.75 Å². The molecule has 0 aliphatic rings. The molecule has 0 N–H and O–H groups in total. The number of nitro groups is 1. The zero-order valence-corrected chi connectivity index (χ0v) is 15.2. The molecule has 0 fully saturated rings. The van der Waals surface area contributed by atoms with Crippen molar-refractivity contribution in [3.05, 3.63) is 64.0 Å². The summed E-state index contributed by atoms with van der Waals surface area (Å²) in [7, 11) is -2.79. The lowest BCUT2D eigenvalue weighted by Crippen LogP contribution is -2.29. The third kappa shape index (κ3) is 4.59. The molecule has 0 bridgehead atoms. The van der Waals surface area contributed by atoms with Crippen LogP contribution < -0.4 is 4.74 Å². The molecule has 10 heteroatoms. The van der Waals surface area contributed by atoms with Crippen LogP contribution in [0.2, 0.25) is 0 Å². The van der Waals surface area contributed by atoms with Gasteiger partial charge >= 0.3 is 5.97 Å². The highest BCUT2D eigenvalue weighted by atomic mass is 32.2. The van der Waals surface area contributed by atoms with E-state index in [4.69, 9.17) is 9.47 Å². The maximum Gasteiger partial charge on any atom is 0.324 e. The summed E-state index contributed by atoms with van der Waals surface area (Å²) in [5.41, 5.74) is 0.0484. The van der Waals surface area contributed by atoms with E-state index in [0.29, 0.717) is 5.56 Å². The Morgan fingerprint density at radius 2 is 1.85 bits per heavy atom. The highest BCUT2D eigenvalue weighted by Gasteiger charge is 2.31. The van der Waals surface area contributed by atoms with Crippen molar-refractivity contribution in [3.63, 3.8) is 0 Å². The summed E-state index contributed by atoms with van der Waals surface area (Å²) in [4.78, 5) is 21.8. The second-order valence-corrected chi connectivity index (χ2v) is 7.78. The number of hydrogen-bond acceptors (Lipinski definition) is 7. The molecule has 27 heavy (non-hydrogen) atoms. The molecule has 8 nitrogen and oxygen atoms in total. The normalized spacial score (nSPS) is 12.3. The van der Waals surface area contributed by atoms with Gasteiger partial charge in [-0.05, 0) is 36.8 Å². The first-order valence-corrected chi connectivity index (χ1v) is 9.19. The first-order valence-electron chi connectivity index (χ1n) is 7.64. The van der Waals surface area contributed by atoms with Crippen LogP contribution in [0.4, 0.5) is 10.1 Å². The van der Waals surface area contributed by atoms with E-state index in [0.717, 1.165) is 37.3 Å². The number of carbonyl (C=O) groups is 1. The summed E-state index contributed by atoms with van der Waals surface area (Å²) in [6.07, 6.45) is 0. The number of methoxy groups -OCH3 is 1. The van der Waals surface area contributed by atoms with E-state index in [1.54, 1.807) is 0 Å². The van der Waals surface area contributed by atoms with Crippen molar-refractivity contribution in [1.29, 1.82) is 0 Å². The average molecular weight is 397 g/mol. The molecule has 2 aromatic carbocycles. The second kappa shape index (κ2) is 8.12. The van der Waals surface area contributed by atoms with Crippen LogP contribution in [0, 0.1) is 15.9 Å². The molecule has 0 saturated heterocycles. The third-order valence-corrected chi connectivity index (χ3v) is 5.82. The van der Waals surface area contributed by atoms with Crippen LogP contribution in [0.25, 0.3) is 0 Å². The van der Waals surface area contributed by atoms with Crippen molar-refractivity contribution >= 4 is 21.5 Å². The molecule has 2 aromatic rings. The molecule has 0 aliphatic carbocycles. The lowest BCUT2D eigenvalue weighted by Gasteiger charge is -2.13. The van der Waals surface area contributed by atoms with Crippen LogP contribution in [-0.2, 0) is 26.0 Å². The number of halogens is 1. The summed E-state index contributed by atoms with van der Waals surface area (Å²) in [5.74, 6) is -1.64. The highest BCUT2D eigenvalue weighted by Crippen LogP contribution is 2.22. The van der Waals surface area contributed by atoms with Crippen LogP contribution in [-0.4, -0.2) is 31.7 Å². The smallest absolute Gasteiger partial charge is 0.324 e. The molecule has 0 aliphatic heterocycles. The van der Waals surface area contributed by atoms with E-state index in [1.165, 1.54) is 19.2 Å². The zero-order valence-electron chi connectivity index (χ0n) is 14.4. The summed E-state index contributed by atoms with van der Waals surface area (Å²) >= 11 is 0. The van der Waals surface area contributed by atoms with Gasteiger partial charge in [0.1, 0.15) is 6.61 Å². The van der Waals surface area contributed by atoms with E-state index < -0.39 is 31.8 Å². The van der Waals surface area contributed by atoms with Gasteiger partial charge in [-0.25, -0.2) is 12.8 Å². The van der Waals surface area contributed by atoms with E-state index in [2.05, 4.69) is 0 Å². The number of nitro benzene ring substituents is 1. The minimum atomic E-state index is -4.10. The van der Waals surface area contributed by atoms with Crippen molar-refractivity contribution in [2.45, 2.75) is 23.7 Å². The van der Waals surface area contributed by atoms with Crippen molar-refractivity contribution in [2.75, 3.05) is 7.11 Å². The Morgan fingerprint density at radius 1 is 1.22 bits per heavy atom. The highest BCUT2D eigenvalue weighted by molar-refractivity contribution is 7.92. The van der Waals surface area contributed by atoms with Gasteiger partial charge in [-0.3, -0.25) is 14.9 Å². The van der Waals surface area contributed by atoms with Gasteiger partial charge in [-0.15, -0.1) is 0 Å². The van der Waals surface area contributed by atoms with Crippen molar-refractivity contribution in [1.82, 2.24) is 0 Å². The Labute approximate surface area is 154 Å². The van der Waals surface area contributed by atoms with Gasteiger partial charge in [-0.2, -0.15) is 0 Å². The van der Waals surface area contributed by atoms with Gasteiger partial charge in [0.25, 0.3) is 5.69 Å². The summed E-state index contributed by atoms with van der Waals surface area (Å²) in [6.45, 7) is 0.827. The molecule has 1 atom stereocenters. The van der Waals surface area contributed by atoms with Crippen molar-refractivity contribution < 1.29 is 32.0 Å². The standard InChI is InChI=1S/C17H16FNO7S/c1-11(27(23,24)14-6-4-13(5-7-14)19(21)22)17(20)26-10-12-3-8-16(25-2)15(18)9-12/h3-9,11H,10H2,1-2H3/t11-/m0/s1. The molecule has 2 rings (SSSR count). The van der Waals surface area contributed by atoms with Gasteiger partial charge in [0.15, 0.2) is 26.7 Å². The Balaban J connectivity index is 2.09. The molecule has 0 amide bonds. The first kappa shape index (κ1) is 20.3. The first-order chi connectivity index (χ1) is 12.7. The minimum Gasteiger partial charge on any atom is -0.494 e. The number of esters is 1. The monoisotopic (exact) mass is 397 g/mol. The van der Waals surface area contributed by atoms with Gasteiger partial charge < -0.3 is 9.47 Å². The number of benzene rings is 2. The number of ether oxygens (including phenoxy) is 2. The van der Waals surface area contributed by atoms with E-state index in [1.807, 2.05) is 0 Å². The van der Waals surface area contributed by atoms with Crippen LogP contribution >= 0.6 is 0 Å². The number of hydrogen-bond donors (Lipinski definition) is 0. The Hall–Kier alpha value is -3.01. The van der Waals surface area contributed by atoms with Gasteiger partial charge in [0, 0.05) is 12.1 Å². The number of sulfone groups is 1. The quantitative estimate of drug-likeness (QED) is 0.401. The molecular weight excluding hydrogens is 381 g/mol. The Bertz CT molecular complexity index is 958. The zero-order chi connectivity index (χ0) is 20.2. The SMILES string of the molecule is COc1ccc(COC(=O)[C@H](C)S(=O)(=O)c2ccc([N+](=O)[O-])cc2)cc1F. The fraction of sp³-hybridized carbons (Fsp3) is 0.235. The lowest BCUT2D eigenvalue weighted by atomic mass is 10.2. The van der Waals surface area contributed by atoms with Gasteiger partial charge in [0.05, 0.1) is 16.9 Å². The topological polar surface area (TPSA) is 113 Å². The molecule has 0 unspecified atom stereocenters. The van der Waals surface area contributed by atoms with Crippen molar-refractivity contribution in [2.24, 2.45) is 0 Å². The number of rotatable bonds is 7. The molecular formula is C17H16FNO7S. The number of carbonyl (C=O) groups excluding carboxylic acids is 1. The van der Waals surface area contributed by atoms with Crippen LogP contribution in [0.15, 0.2) is 47.4 Å². The van der Waals surface area contributed by atoms with E-state index in [-0.39, 0.29) is 22.9 Å². The van der Waals surface area contributed by atoms with E-state index in [9.17, 15) is 27.7 Å². The van der Waals surface area contributed by atoms with Gasteiger partial charge in [-0.1, -0.05) is 6.07 Å². The largest absolute Gasteiger partial charge is 0.494 e. The molecule has 144 valence electrons. The second-order valence-electron chi connectivity index (χ2n) is 5.51. The molecule has 0 saturated carbocycles. The summed E-state index contributed by atoms with van der Waals surface area (Å²) in [6, 6.07) is 8.12. The maximum absolute atomic E-state index is 13.6. The number of non-ortho nitro benzene ring substituents is 1. The maximum atomic E-state index is 13.6. The predicted molar refractivity (Wildman–Crippen MR) is 92.5 cm³/mol. The molecule has 0 radical (unpaired) electrons. The third-order valence-electron chi connectivity index (χ3n) is 3.77. The Morgan fingerprint density at radius 3 is 2.37 bits per heavy atom. The Kier molecular flexibility index (Phi) is 6.11. The predicted octanol–water partition coefficient (Wildman–Crippen LogP) is 2.65. The molecule has 0 aromatic heterocycles. The lowest BCUT2D eigenvalue weighted by molar-refractivity contribution is -0.384. The molecule has 0 heterocycles. The summed E-state index contributed by atoms with van der Waals surface area (Å²) in [5, 5.41) is 9.10. The fourth-order valence-electron chi connectivity index (χ4n) is 2.16.